The Morgan fingerprint density at radius 3 is 2.74 bits per heavy atom. The second-order valence-corrected chi connectivity index (χ2v) is 6.64. The third-order valence-electron chi connectivity index (χ3n) is 4.80. The molecule has 1 aliphatic heterocycles. The van der Waals surface area contributed by atoms with E-state index in [-0.39, 0.29) is 23.9 Å². The number of ether oxygens (including phenoxy) is 3. The van der Waals surface area contributed by atoms with Gasteiger partial charge in [0.05, 0.1) is 24.3 Å². The zero-order valence-corrected chi connectivity index (χ0v) is 16.5. The van der Waals surface area contributed by atoms with Gasteiger partial charge in [-0.3, -0.25) is 14.9 Å². The van der Waals surface area contributed by atoms with Crippen LogP contribution in [0.2, 0.25) is 0 Å². The Morgan fingerprint density at radius 2 is 2.06 bits per heavy atom. The lowest BCUT2D eigenvalue weighted by molar-refractivity contribution is -0.119. The van der Waals surface area contributed by atoms with E-state index < -0.39 is 11.8 Å². The number of hydrogen-bond donors (Lipinski definition) is 3. The number of nitrogens with zero attached hydrogens (tertiary/aromatic N) is 3. The Kier molecular flexibility index (Phi) is 5.15. The summed E-state index contributed by atoms with van der Waals surface area (Å²) in [5, 5.41) is 17.0. The molecule has 1 aliphatic rings. The number of fused-ring (bicyclic) bond motifs is 1. The van der Waals surface area contributed by atoms with Crippen LogP contribution in [-0.2, 0) is 4.79 Å². The van der Waals surface area contributed by atoms with Crippen molar-refractivity contribution < 1.29 is 19.0 Å². The average Bonchev–Trinajstić information content (AvgIpc) is 3.20. The van der Waals surface area contributed by atoms with Crippen molar-refractivity contribution in [1.29, 1.82) is 5.26 Å². The smallest absolute Gasteiger partial charge is 0.255 e. The number of allylic oxidation sites excluding steroid dienone is 1. The van der Waals surface area contributed by atoms with Crippen LogP contribution in [0.15, 0.2) is 54.2 Å². The van der Waals surface area contributed by atoms with Gasteiger partial charge in [0.25, 0.3) is 5.91 Å². The number of nitrogens with one attached hydrogen (secondary N) is 1. The molecule has 156 valence electrons. The van der Waals surface area contributed by atoms with E-state index in [0.717, 1.165) is 5.56 Å². The van der Waals surface area contributed by atoms with Crippen LogP contribution >= 0.6 is 0 Å². The minimum absolute atomic E-state index is 0.0270. The van der Waals surface area contributed by atoms with Crippen molar-refractivity contribution in [3.05, 3.63) is 65.3 Å². The lowest BCUT2D eigenvalue weighted by Crippen LogP contribution is -2.21. The molecule has 0 bridgehead atoms. The molecule has 1 unspecified atom stereocenters. The fraction of sp³-hybridized carbons (Fsp3) is 0.143. The van der Waals surface area contributed by atoms with Gasteiger partial charge in [-0.25, -0.2) is 0 Å². The van der Waals surface area contributed by atoms with E-state index >= 15 is 0 Å². The fourth-order valence-corrected chi connectivity index (χ4v) is 3.45. The third-order valence-corrected chi connectivity index (χ3v) is 4.80. The maximum absolute atomic E-state index is 11.1. The van der Waals surface area contributed by atoms with Crippen molar-refractivity contribution in [3.8, 4) is 34.7 Å². The second-order valence-electron chi connectivity index (χ2n) is 6.64. The summed E-state index contributed by atoms with van der Waals surface area (Å²) in [4.78, 5) is 15.1. The van der Waals surface area contributed by atoms with Gasteiger partial charge in [-0.15, -0.1) is 5.10 Å². The number of aromatic amines is 1. The minimum atomic E-state index is -0.608. The number of benzene rings is 1. The van der Waals surface area contributed by atoms with Gasteiger partial charge in [-0.05, 0) is 29.8 Å². The zero-order chi connectivity index (χ0) is 22.0. The van der Waals surface area contributed by atoms with Crippen LogP contribution in [0, 0.1) is 11.3 Å². The van der Waals surface area contributed by atoms with Crippen LogP contribution in [0.3, 0.4) is 0 Å². The van der Waals surface area contributed by atoms with Gasteiger partial charge in [-0.2, -0.15) is 5.26 Å². The highest BCUT2D eigenvalue weighted by molar-refractivity contribution is 5.75. The first-order valence-corrected chi connectivity index (χ1v) is 9.18. The van der Waals surface area contributed by atoms with E-state index in [1.165, 1.54) is 7.11 Å². The highest BCUT2D eigenvalue weighted by Gasteiger charge is 2.36. The van der Waals surface area contributed by atoms with Crippen molar-refractivity contribution >= 4 is 5.91 Å². The standard InChI is InChI=1S/C21H18N6O4/c1-29-15-8-12(2-3-14(15)30-10-16(23)28)17-13(9-22)20(24)31-21-18(17)19(26-27-21)11-4-6-25-7-5-11/h2-8,17H,10,24H2,1H3,(H2,23,28)(H,26,27). The van der Waals surface area contributed by atoms with E-state index in [2.05, 4.69) is 21.3 Å². The molecule has 0 saturated heterocycles. The third kappa shape index (κ3) is 3.60. The quantitative estimate of drug-likeness (QED) is 0.543. The summed E-state index contributed by atoms with van der Waals surface area (Å²) in [7, 11) is 1.47. The molecule has 1 atom stereocenters. The van der Waals surface area contributed by atoms with Gasteiger partial charge >= 0.3 is 0 Å². The van der Waals surface area contributed by atoms with Crippen molar-refractivity contribution in [3.63, 3.8) is 0 Å². The summed E-state index contributed by atoms with van der Waals surface area (Å²) in [5.41, 5.74) is 14.3. The highest BCUT2D eigenvalue weighted by Crippen LogP contribution is 2.46. The molecule has 10 heteroatoms. The molecule has 3 heterocycles. The number of carbonyl (C=O) groups is 1. The van der Waals surface area contributed by atoms with E-state index in [1.54, 1.807) is 30.6 Å². The monoisotopic (exact) mass is 418 g/mol. The van der Waals surface area contributed by atoms with Crippen LogP contribution in [-0.4, -0.2) is 34.8 Å². The normalized spacial score (nSPS) is 14.9. The second kappa shape index (κ2) is 8.08. The summed E-state index contributed by atoms with van der Waals surface area (Å²) in [5.74, 6) is -0.217. The average molecular weight is 418 g/mol. The topological polar surface area (TPSA) is 162 Å². The van der Waals surface area contributed by atoms with Crippen LogP contribution in [0.1, 0.15) is 17.0 Å². The van der Waals surface area contributed by atoms with Gasteiger partial charge in [-0.1, -0.05) is 6.07 Å². The van der Waals surface area contributed by atoms with Crippen molar-refractivity contribution in [2.24, 2.45) is 11.5 Å². The Morgan fingerprint density at radius 1 is 1.29 bits per heavy atom. The Labute approximate surface area is 177 Å². The summed E-state index contributed by atoms with van der Waals surface area (Å²) < 4.78 is 16.4. The number of aromatic nitrogens is 3. The van der Waals surface area contributed by atoms with Gasteiger partial charge < -0.3 is 25.7 Å². The molecule has 0 spiro atoms. The maximum atomic E-state index is 11.1. The molecule has 0 saturated carbocycles. The van der Waals surface area contributed by atoms with E-state index in [0.29, 0.717) is 28.3 Å². The predicted molar refractivity (Wildman–Crippen MR) is 109 cm³/mol. The molecular weight excluding hydrogens is 400 g/mol. The lowest BCUT2D eigenvalue weighted by Gasteiger charge is -2.24. The molecule has 1 amide bonds. The SMILES string of the molecule is COc1cc(C2C(C#N)=C(N)Oc3n[nH]c(-c4ccncc4)c32)ccc1OCC(N)=O. The molecule has 0 radical (unpaired) electrons. The first-order chi connectivity index (χ1) is 15.0. The summed E-state index contributed by atoms with van der Waals surface area (Å²) in [6.45, 7) is -0.290. The zero-order valence-electron chi connectivity index (χ0n) is 16.5. The van der Waals surface area contributed by atoms with E-state index in [9.17, 15) is 10.1 Å². The largest absolute Gasteiger partial charge is 0.493 e. The van der Waals surface area contributed by atoms with Crippen LogP contribution < -0.4 is 25.7 Å². The number of H-pyrrole nitrogens is 1. The predicted octanol–water partition coefficient (Wildman–Crippen LogP) is 1.56. The number of hydrogen-bond acceptors (Lipinski definition) is 8. The fourth-order valence-electron chi connectivity index (χ4n) is 3.45. The number of nitrogens with two attached hydrogens (primary N) is 2. The summed E-state index contributed by atoms with van der Waals surface area (Å²) in [6.07, 6.45) is 3.31. The molecule has 10 nitrogen and oxygen atoms in total. The first kappa shape index (κ1) is 19.8. The molecule has 2 aromatic heterocycles. The highest BCUT2D eigenvalue weighted by atomic mass is 16.5. The first-order valence-electron chi connectivity index (χ1n) is 9.18. The number of rotatable bonds is 6. The van der Waals surface area contributed by atoms with Crippen molar-refractivity contribution in [1.82, 2.24) is 15.2 Å². The summed E-state index contributed by atoms with van der Waals surface area (Å²) in [6, 6.07) is 10.9. The van der Waals surface area contributed by atoms with Gasteiger partial charge in [0.1, 0.15) is 11.6 Å². The molecule has 0 aliphatic carbocycles. The Balaban J connectivity index is 1.85. The molecule has 5 N–H and O–H groups in total. The van der Waals surface area contributed by atoms with Gasteiger partial charge in [0, 0.05) is 18.0 Å². The number of carbonyl (C=O) groups excluding carboxylic acids is 1. The van der Waals surface area contributed by atoms with E-state index in [1.807, 2.05) is 12.1 Å². The van der Waals surface area contributed by atoms with Crippen molar-refractivity contribution in [2.45, 2.75) is 5.92 Å². The number of nitriles is 1. The van der Waals surface area contributed by atoms with Crippen LogP contribution in [0.25, 0.3) is 11.3 Å². The number of amides is 1. The molecule has 1 aromatic carbocycles. The number of pyridine rings is 1. The Bertz CT molecular complexity index is 1210. The van der Waals surface area contributed by atoms with Gasteiger partial charge in [0.2, 0.25) is 11.8 Å². The molecular formula is C21H18N6O4. The Hall–Kier alpha value is -4.52. The number of methoxy groups -OCH3 is 1. The van der Waals surface area contributed by atoms with Crippen LogP contribution in [0.4, 0.5) is 0 Å². The summed E-state index contributed by atoms with van der Waals surface area (Å²) >= 11 is 0. The lowest BCUT2D eigenvalue weighted by atomic mass is 9.83. The number of primary amides is 1. The molecule has 0 fully saturated rings. The van der Waals surface area contributed by atoms with Crippen LogP contribution in [0.5, 0.6) is 17.4 Å². The van der Waals surface area contributed by atoms with E-state index in [4.69, 9.17) is 25.7 Å². The molecule has 31 heavy (non-hydrogen) atoms. The van der Waals surface area contributed by atoms with Crippen molar-refractivity contribution in [2.75, 3.05) is 13.7 Å². The molecule has 4 rings (SSSR count). The minimum Gasteiger partial charge on any atom is -0.493 e. The van der Waals surface area contributed by atoms with Gasteiger partial charge in [0.15, 0.2) is 18.1 Å². The maximum Gasteiger partial charge on any atom is 0.255 e. The molecule has 3 aromatic rings.